The molecule has 1 aliphatic rings. The van der Waals surface area contributed by atoms with Gasteiger partial charge in [-0.1, -0.05) is 17.7 Å². The average molecular weight is 343 g/mol. The Morgan fingerprint density at radius 3 is 2.54 bits per heavy atom. The Kier molecular flexibility index (Phi) is 5.16. The van der Waals surface area contributed by atoms with E-state index in [1.54, 1.807) is 24.3 Å². The summed E-state index contributed by atoms with van der Waals surface area (Å²) in [5.41, 5.74) is 4.05. The molecule has 4 nitrogen and oxygen atoms in total. The number of carbonyl (C=O) groups is 2. The van der Waals surface area contributed by atoms with E-state index in [9.17, 15) is 9.59 Å². The fourth-order valence-electron chi connectivity index (χ4n) is 2.87. The fourth-order valence-corrected chi connectivity index (χ4v) is 2.99. The van der Waals surface area contributed by atoms with Crippen LogP contribution in [0.25, 0.3) is 0 Å². The summed E-state index contributed by atoms with van der Waals surface area (Å²) in [5, 5.41) is 6.20. The predicted octanol–water partition coefficient (Wildman–Crippen LogP) is 3.59. The SMILES string of the molecule is O=C(CCNC(=O)c1ccc(Cl)cc1)Nc1ccc2c(c1)CCC2. The fraction of sp³-hybridized carbons (Fsp3) is 0.263. The van der Waals surface area contributed by atoms with Crippen LogP contribution in [0.4, 0.5) is 5.69 Å². The van der Waals surface area contributed by atoms with E-state index in [1.165, 1.54) is 17.5 Å². The maximum absolute atomic E-state index is 12.0. The molecule has 24 heavy (non-hydrogen) atoms. The number of rotatable bonds is 5. The zero-order valence-electron chi connectivity index (χ0n) is 13.3. The number of hydrogen-bond donors (Lipinski definition) is 2. The van der Waals surface area contributed by atoms with E-state index in [2.05, 4.69) is 16.7 Å². The topological polar surface area (TPSA) is 58.2 Å². The Labute approximate surface area is 146 Å². The molecule has 2 amide bonds. The van der Waals surface area contributed by atoms with Gasteiger partial charge in [-0.25, -0.2) is 0 Å². The third kappa shape index (κ3) is 4.15. The molecule has 0 heterocycles. The molecule has 0 fully saturated rings. The van der Waals surface area contributed by atoms with Crippen molar-refractivity contribution in [3.05, 3.63) is 64.2 Å². The lowest BCUT2D eigenvalue weighted by Gasteiger charge is -2.08. The number of halogens is 1. The van der Waals surface area contributed by atoms with Crippen molar-refractivity contribution in [2.45, 2.75) is 25.7 Å². The molecular formula is C19H19ClN2O2. The van der Waals surface area contributed by atoms with E-state index < -0.39 is 0 Å². The normalized spacial score (nSPS) is 12.5. The summed E-state index contributed by atoms with van der Waals surface area (Å²) in [6.45, 7) is 0.290. The molecule has 0 bridgehead atoms. The molecular weight excluding hydrogens is 324 g/mol. The van der Waals surface area contributed by atoms with Crippen molar-refractivity contribution in [1.82, 2.24) is 5.32 Å². The van der Waals surface area contributed by atoms with Crippen molar-refractivity contribution in [3.63, 3.8) is 0 Å². The smallest absolute Gasteiger partial charge is 0.251 e. The second-order valence-electron chi connectivity index (χ2n) is 5.90. The highest BCUT2D eigenvalue weighted by atomic mass is 35.5. The molecule has 0 aromatic heterocycles. The highest BCUT2D eigenvalue weighted by molar-refractivity contribution is 6.30. The summed E-state index contributed by atoms with van der Waals surface area (Å²) < 4.78 is 0. The molecule has 0 spiro atoms. The van der Waals surface area contributed by atoms with Crippen LogP contribution in [0.1, 0.15) is 34.3 Å². The Morgan fingerprint density at radius 1 is 1.00 bits per heavy atom. The molecule has 124 valence electrons. The van der Waals surface area contributed by atoms with Crippen molar-refractivity contribution in [1.29, 1.82) is 0 Å². The van der Waals surface area contributed by atoms with Gasteiger partial charge in [0.2, 0.25) is 5.91 Å². The summed E-state index contributed by atoms with van der Waals surface area (Å²) in [6.07, 6.45) is 3.62. The Bertz CT molecular complexity index is 756. The van der Waals surface area contributed by atoms with Gasteiger partial charge in [-0.15, -0.1) is 0 Å². The van der Waals surface area contributed by atoms with Gasteiger partial charge >= 0.3 is 0 Å². The first-order chi connectivity index (χ1) is 11.6. The lowest BCUT2D eigenvalue weighted by molar-refractivity contribution is -0.116. The van der Waals surface area contributed by atoms with Gasteiger partial charge < -0.3 is 10.6 Å². The molecule has 3 rings (SSSR count). The quantitative estimate of drug-likeness (QED) is 0.872. The third-order valence-electron chi connectivity index (χ3n) is 4.13. The van der Waals surface area contributed by atoms with E-state index in [0.717, 1.165) is 18.5 Å². The average Bonchev–Trinajstić information content (AvgIpc) is 3.03. The molecule has 0 aliphatic heterocycles. The van der Waals surface area contributed by atoms with Crippen LogP contribution in [0.2, 0.25) is 5.02 Å². The second-order valence-corrected chi connectivity index (χ2v) is 6.33. The van der Waals surface area contributed by atoms with Gasteiger partial charge in [-0.3, -0.25) is 9.59 Å². The number of fused-ring (bicyclic) bond motifs is 1. The van der Waals surface area contributed by atoms with Gasteiger partial charge in [0, 0.05) is 29.2 Å². The molecule has 0 atom stereocenters. The van der Waals surface area contributed by atoms with Crippen molar-refractivity contribution in [3.8, 4) is 0 Å². The van der Waals surface area contributed by atoms with Gasteiger partial charge in [0.15, 0.2) is 0 Å². The third-order valence-corrected chi connectivity index (χ3v) is 4.38. The number of aryl methyl sites for hydroxylation is 2. The number of benzene rings is 2. The van der Waals surface area contributed by atoms with Gasteiger partial charge in [0.1, 0.15) is 0 Å². The van der Waals surface area contributed by atoms with E-state index in [0.29, 0.717) is 10.6 Å². The summed E-state index contributed by atoms with van der Waals surface area (Å²) in [7, 11) is 0. The molecule has 1 aliphatic carbocycles. The lowest BCUT2D eigenvalue weighted by atomic mass is 10.1. The Hall–Kier alpha value is -2.33. The molecule has 0 saturated heterocycles. The minimum atomic E-state index is -0.211. The standard InChI is InChI=1S/C19H19ClN2O2/c20-16-7-4-14(5-8-16)19(24)21-11-10-18(23)22-17-9-6-13-2-1-3-15(13)12-17/h4-9,12H,1-3,10-11H2,(H,21,24)(H,22,23). The lowest BCUT2D eigenvalue weighted by Crippen LogP contribution is -2.27. The van der Waals surface area contributed by atoms with E-state index in [-0.39, 0.29) is 24.8 Å². The Morgan fingerprint density at radius 2 is 1.75 bits per heavy atom. The molecule has 5 heteroatoms. The molecule has 0 unspecified atom stereocenters. The minimum absolute atomic E-state index is 0.107. The summed E-state index contributed by atoms with van der Waals surface area (Å²) in [5.74, 6) is -0.318. The molecule has 0 saturated carbocycles. The summed E-state index contributed by atoms with van der Waals surface area (Å²) in [6, 6.07) is 12.7. The van der Waals surface area contributed by atoms with Crippen molar-refractivity contribution in [2.24, 2.45) is 0 Å². The highest BCUT2D eigenvalue weighted by Gasteiger charge is 2.12. The maximum atomic E-state index is 12.0. The predicted molar refractivity (Wildman–Crippen MR) is 95.5 cm³/mol. The molecule has 0 radical (unpaired) electrons. The van der Waals surface area contributed by atoms with Gasteiger partial charge in [0.05, 0.1) is 0 Å². The van der Waals surface area contributed by atoms with E-state index >= 15 is 0 Å². The van der Waals surface area contributed by atoms with Gasteiger partial charge in [-0.05, 0) is 66.8 Å². The zero-order chi connectivity index (χ0) is 16.9. The second kappa shape index (κ2) is 7.49. The zero-order valence-corrected chi connectivity index (χ0v) is 14.0. The number of amides is 2. The summed E-state index contributed by atoms with van der Waals surface area (Å²) in [4.78, 5) is 23.9. The largest absolute Gasteiger partial charge is 0.352 e. The van der Waals surface area contributed by atoms with Crippen LogP contribution in [-0.4, -0.2) is 18.4 Å². The molecule has 2 N–H and O–H groups in total. The first-order valence-corrected chi connectivity index (χ1v) is 8.45. The van der Waals surface area contributed by atoms with Crippen LogP contribution in [0.15, 0.2) is 42.5 Å². The van der Waals surface area contributed by atoms with Crippen LogP contribution >= 0.6 is 11.6 Å². The van der Waals surface area contributed by atoms with Crippen LogP contribution in [0.5, 0.6) is 0 Å². The number of carbonyl (C=O) groups excluding carboxylic acids is 2. The van der Waals surface area contributed by atoms with E-state index in [4.69, 9.17) is 11.6 Å². The van der Waals surface area contributed by atoms with Crippen LogP contribution in [0.3, 0.4) is 0 Å². The molecule has 2 aromatic rings. The monoisotopic (exact) mass is 342 g/mol. The van der Waals surface area contributed by atoms with Crippen LogP contribution in [-0.2, 0) is 17.6 Å². The minimum Gasteiger partial charge on any atom is -0.352 e. The number of nitrogens with one attached hydrogen (secondary N) is 2. The maximum Gasteiger partial charge on any atom is 0.251 e. The van der Waals surface area contributed by atoms with Crippen molar-refractivity contribution in [2.75, 3.05) is 11.9 Å². The summed E-state index contributed by atoms with van der Waals surface area (Å²) >= 11 is 5.79. The van der Waals surface area contributed by atoms with Gasteiger partial charge in [0.25, 0.3) is 5.91 Å². The Balaban J connectivity index is 1.45. The first kappa shape index (κ1) is 16.5. The first-order valence-electron chi connectivity index (χ1n) is 8.07. The van der Waals surface area contributed by atoms with Gasteiger partial charge in [-0.2, -0.15) is 0 Å². The van der Waals surface area contributed by atoms with Crippen molar-refractivity contribution < 1.29 is 9.59 Å². The van der Waals surface area contributed by atoms with Crippen LogP contribution in [0, 0.1) is 0 Å². The molecule has 2 aromatic carbocycles. The number of anilines is 1. The highest BCUT2D eigenvalue weighted by Crippen LogP contribution is 2.24. The number of hydrogen-bond acceptors (Lipinski definition) is 2. The van der Waals surface area contributed by atoms with Crippen LogP contribution < -0.4 is 10.6 Å². The van der Waals surface area contributed by atoms with E-state index in [1.807, 2.05) is 12.1 Å². The van der Waals surface area contributed by atoms with Crippen molar-refractivity contribution >= 4 is 29.1 Å².